The molecule has 0 radical (unpaired) electrons. The third kappa shape index (κ3) is 2.13. The van der Waals surface area contributed by atoms with Gasteiger partial charge < -0.3 is 10.8 Å². The molecule has 4 nitrogen and oxygen atoms in total. The van der Waals surface area contributed by atoms with Crippen molar-refractivity contribution >= 4 is 11.7 Å². The molecule has 2 aromatic rings. The molecule has 0 saturated heterocycles. The van der Waals surface area contributed by atoms with Crippen molar-refractivity contribution in [2.45, 2.75) is 0 Å². The highest BCUT2D eigenvalue weighted by Gasteiger charge is 2.14. The second kappa shape index (κ2) is 4.40. The van der Waals surface area contributed by atoms with Crippen molar-refractivity contribution in [2.24, 2.45) is 0 Å². The van der Waals surface area contributed by atoms with Gasteiger partial charge in [0.2, 0.25) is 0 Å². The number of anilines is 1. The summed E-state index contributed by atoms with van der Waals surface area (Å²) in [6.45, 7) is 0. The Morgan fingerprint density at radius 2 is 1.94 bits per heavy atom. The molecule has 18 heavy (non-hydrogen) atoms. The van der Waals surface area contributed by atoms with E-state index in [-0.39, 0.29) is 22.6 Å². The lowest BCUT2D eigenvalue weighted by molar-refractivity contribution is 0.0692. The van der Waals surface area contributed by atoms with Crippen LogP contribution in [0.25, 0.3) is 11.3 Å². The van der Waals surface area contributed by atoms with E-state index in [0.717, 1.165) is 6.07 Å². The van der Waals surface area contributed by atoms with E-state index in [4.69, 9.17) is 10.8 Å². The highest BCUT2D eigenvalue weighted by Crippen LogP contribution is 2.23. The number of carbonyl (C=O) groups is 1. The van der Waals surface area contributed by atoms with Crippen LogP contribution in [-0.2, 0) is 0 Å². The number of rotatable bonds is 2. The third-order valence-corrected chi connectivity index (χ3v) is 2.34. The fourth-order valence-electron chi connectivity index (χ4n) is 1.49. The topological polar surface area (TPSA) is 76.2 Å². The van der Waals surface area contributed by atoms with Crippen LogP contribution in [0.2, 0.25) is 0 Å². The Labute approximate surface area is 101 Å². The van der Waals surface area contributed by atoms with E-state index in [1.807, 2.05) is 0 Å². The summed E-state index contributed by atoms with van der Waals surface area (Å²) < 4.78 is 26.3. The maximum atomic E-state index is 13.5. The van der Waals surface area contributed by atoms with E-state index in [0.29, 0.717) is 6.07 Å². The summed E-state index contributed by atoms with van der Waals surface area (Å²) in [5.41, 5.74) is 5.14. The lowest BCUT2D eigenvalue weighted by Gasteiger charge is -2.05. The standard InChI is InChI=1S/C12H8F2N2O2/c13-6-1-2-7(8(14)5-6)10-4-3-9(15)11(16-10)12(17)18/h1-5H,15H2,(H,17,18). The Bertz CT molecular complexity index is 629. The normalized spacial score (nSPS) is 10.3. The number of benzene rings is 1. The molecule has 1 aromatic carbocycles. The van der Waals surface area contributed by atoms with E-state index < -0.39 is 17.6 Å². The van der Waals surface area contributed by atoms with Crippen LogP contribution >= 0.6 is 0 Å². The molecule has 0 aliphatic rings. The molecule has 0 atom stereocenters. The van der Waals surface area contributed by atoms with Crippen molar-refractivity contribution < 1.29 is 18.7 Å². The van der Waals surface area contributed by atoms with Crippen LogP contribution in [0.15, 0.2) is 30.3 Å². The summed E-state index contributed by atoms with van der Waals surface area (Å²) >= 11 is 0. The van der Waals surface area contributed by atoms with Gasteiger partial charge in [0.05, 0.1) is 11.4 Å². The monoisotopic (exact) mass is 250 g/mol. The van der Waals surface area contributed by atoms with Crippen LogP contribution in [0.5, 0.6) is 0 Å². The molecular weight excluding hydrogens is 242 g/mol. The molecular formula is C12H8F2N2O2. The summed E-state index contributed by atoms with van der Waals surface area (Å²) in [7, 11) is 0. The predicted octanol–water partition coefficient (Wildman–Crippen LogP) is 2.31. The maximum absolute atomic E-state index is 13.5. The van der Waals surface area contributed by atoms with E-state index in [2.05, 4.69) is 4.98 Å². The van der Waals surface area contributed by atoms with Crippen molar-refractivity contribution in [2.75, 3.05) is 5.73 Å². The van der Waals surface area contributed by atoms with Crippen molar-refractivity contribution in [1.29, 1.82) is 0 Å². The van der Waals surface area contributed by atoms with Crippen molar-refractivity contribution in [1.82, 2.24) is 4.98 Å². The number of aromatic nitrogens is 1. The Morgan fingerprint density at radius 1 is 1.22 bits per heavy atom. The molecule has 0 bridgehead atoms. The predicted molar refractivity (Wildman–Crippen MR) is 61.0 cm³/mol. The van der Waals surface area contributed by atoms with Gasteiger partial charge in [-0.25, -0.2) is 18.6 Å². The number of pyridine rings is 1. The molecule has 6 heteroatoms. The van der Waals surface area contributed by atoms with Crippen LogP contribution < -0.4 is 5.73 Å². The summed E-state index contributed by atoms with van der Waals surface area (Å²) in [5.74, 6) is -2.84. The van der Waals surface area contributed by atoms with Gasteiger partial charge in [-0.2, -0.15) is 0 Å². The second-order valence-electron chi connectivity index (χ2n) is 3.56. The minimum absolute atomic E-state index is 0.0129. The van der Waals surface area contributed by atoms with E-state index in [1.54, 1.807) is 0 Å². The first-order chi connectivity index (χ1) is 8.49. The lowest BCUT2D eigenvalue weighted by atomic mass is 10.1. The Balaban J connectivity index is 2.58. The molecule has 2 rings (SSSR count). The Kier molecular flexibility index (Phi) is 2.93. The SMILES string of the molecule is Nc1ccc(-c2ccc(F)cc2F)nc1C(=O)O. The van der Waals surface area contributed by atoms with Crippen LogP contribution in [0.1, 0.15) is 10.5 Å². The van der Waals surface area contributed by atoms with E-state index in [9.17, 15) is 13.6 Å². The van der Waals surface area contributed by atoms with Crippen LogP contribution in [-0.4, -0.2) is 16.1 Å². The number of carboxylic acid groups (broad SMARTS) is 1. The average molecular weight is 250 g/mol. The molecule has 0 spiro atoms. The number of nitrogens with two attached hydrogens (primary N) is 1. The Morgan fingerprint density at radius 3 is 2.56 bits per heavy atom. The van der Waals surface area contributed by atoms with Gasteiger partial charge in [-0.05, 0) is 24.3 Å². The van der Waals surface area contributed by atoms with Crippen LogP contribution in [0, 0.1) is 11.6 Å². The zero-order chi connectivity index (χ0) is 13.3. The van der Waals surface area contributed by atoms with Crippen molar-refractivity contribution in [3.8, 4) is 11.3 Å². The molecule has 0 saturated carbocycles. The first-order valence-electron chi connectivity index (χ1n) is 4.94. The highest BCUT2D eigenvalue weighted by atomic mass is 19.1. The van der Waals surface area contributed by atoms with Gasteiger partial charge in [0.1, 0.15) is 11.6 Å². The summed E-state index contributed by atoms with van der Waals surface area (Å²) in [6, 6.07) is 5.65. The number of aromatic carboxylic acids is 1. The van der Waals surface area contributed by atoms with Crippen molar-refractivity contribution in [3.63, 3.8) is 0 Å². The van der Waals surface area contributed by atoms with Gasteiger partial charge in [0.15, 0.2) is 5.69 Å². The fourth-order valence-corrected chi connectivity index (χ4v) is 1.49. The quantitative estimate of drug-likeness (QED) is 0.857. The minimum Gasteiger partial charge on any atom is -0.476 e. The van der Waals surface area contributed by atoms with Gasteiger partial charge in [-0.15, -0.1) is 0 Å². The third-order valence-electron chi connectivity index (χ3n) is 2.34. The van der Waals surface area contributed by atoms with Gasteiger partial charge in [0.25, 0.3) is 0 Å². The largest absolute Gasteiger partial charge is 0.476 e. The number of nitrogens with zero attached hydrogens (tertiary/aromatic N) is 1. The smallest absolute Gasteiger partial charge is 0.356 e. The Hall–Kier alpha value is -2.50. The van der Waals surface area contributed by atoms with Gasteiger partial charge in [0, 0.05) is 11.6 Å². The molecule has 0 unspecified atom stereocenters. The average Bonchev–Trinajstić information content (AvgIpc) is 2.30. The number of carboxylic acids is 1. The number of halogens is 2. The summed E-state index contributed by atoms with van der Waals surface area (Å²) in [4.78, 5) is 14.6. The fraction of sp³-hybridized carbons (Fsp3) is 0. The molecule has 3 N–H and O–H groups in total. The zero-order valence-electron chi connectivity index (χ0n) is 9.02. The lowest BCUT2D eigenvalue weighted by Crippen LogP contribution is -2.06. The summed E-state index contributed by atoms with van der Waals surface area (Å²) in [6.07, 6.45) is 0. The molecule has 1 aromatic heterocycles. The summed E-state index contributed by atoms with van der Waals surface area (Å²) in [5, 5.41) is 8.85. The zero-order valence-corrected chi connectivity index (χ0v) is 9.02. The van der Waals surface area contributed by atoms with Crippen LogP contribution in [0.4, 0.5) is 14.5 Å². The first-order valence-corrected chi connectivity index (χ1v) is 4.94. The van der Waals surface area contributed by atoms with Crippen LogP contribution in [0.3, 0.4) is 0 Å². The van der Waals surface area contributed by atoms with E-state index >= 15 is 0 Å². The van der Waals surface area contributed by atoms with Gasteiger partial charge in [-0.3, -0.25) is 0 Å². The number of nitrogen functional groups attached to an aromatic ring is 1. The minimum atomic E-state index is -1.31. The molecule has 0 aliphatic carbocycles. The van der Waals surface area contributed by atoms with Crippen molar-refractivity contribution in [3.05, 3.63) is 47.7 Å². The molecule has 1 heterocycles. The second-order valence-corrected chi connectivity index (χ2v) is 3.56. The van der Waals surface area contributed by atoms with Gasteiger partial charge in [-0.1, -0.05) is 0 Å². The molecule has 0 aliphatic heterocycles. The molecule has 92 valence electrons. The first kappa shape index (κ1) is 12.0. The molecule has 0 amide bonds. The number of hydrogen-bond acceptors (Lipinski definition) is 3. The number of hydrogen-bond donors (Lipinski definition) is 2. The maximum Gasteiger partial charge on any atom is 0.356 e. The highest BCUT2D eigenvalue weighted by molar-refractivity contribution is 5.92. The van der Waals surface area contributed by atoms with Gasteiger partial charge >= 0.3 is 5.97 Å². The van der Waals surface area contributed by atoms with E-state index in [1.165, 1.54) is 18.2 Å². The molecule has 0 fully saturated rings.